The Labute approximate surface area is 96.2 Å². The average Bonchev–Trinajstić information content (AvgIpc) is 2.08. The average molecular weight is 234 g/mol. The Bertz CT molecular complexity index is 246. The zero-order chi connectivity index (χ0) is 12.8. The van der Waals surface area contributed by atoms with E-state index in [1.807, 2.05) is 20.8 Å². The molecule has 0 aromatic rings. The molecule has 0 radical (unpaired) electrons. The summed E-state index contributed by atoms with van der Waals surface area (Å²) < 4.78 is 38.2. The molecule has 0 saturated carbocycles. The van der Waals surface area contributed by atoms with Crippen LogP contribution < -0.4 is 0 Å². The molecule has 0 aliphatic heterocycles. The highest BCUT2D eigenvalue weighted by Crippen LogP contribution is 2.34. The molecule has 0 amide bonds. The first-order chi connectivity index (χ1) is 7.29. The lowest BCUT2D eigenvalue weighted by atomic mass is 9.91. The van der Waals surface area contributed by atoms with E-state index in [-0.39, 0.29) is 5.92 Å². The van der Waals surface area contributed by atoms with Crippen molar-refractivity contribution >= 4 is 0 Å². The third-order valence-corrected chi connectivity index (χ3v) is 2.33. The summed E-state index contributed by atoms with van der Waals surface area (Å²) in [5.74, 6) is -0.169. The quantitative estimate of drug-likeness (QED) is 0.579. The van der Waals surface area contributed by atoms with E-state index in [0.29, 0.717) is 6.42 Å². The molecular weight excluding hydrogens is 213 g/mol. The van der Waals surface area contributed by atoms with Gasteiger partial charge in [-0.1, -0.05) is 45.9 Å². The van der Waals surface area contributed by atoms with Gasteiger partial charge in [0.05, 0.1) is 0 Å². The summed E-state index contributed by atoms with van der Waals surface area (Å²) in [5.41, 5.74) is -0.425. The van der Waals surface area contributed by atoms with E-state index in [2.05, 4.69) is 0 Å². The van der Waals surface area contributed by atoms with E-state index in [1.54, 1.807) is 13.0 Å². The summed E-state index contributed by atoms with van der Waals surface area (Å²) in [5, 5.41) is 0. The third kappa shape index (κ3) is 5.99. The van der Waals surface area contributed by atoms with Gasteiger partial charge in [0.25, 0.3) is 0 Å². The molecule has 0 rings (SSSR count). The van der Waals surface area contributed by atoms with Crippen LogP contribution in [0.2, 0.25) is 0 Å². The van der Waals surface area contributed by atoms with Crippen LogP contribution in [0.1, 0.15) is 40.5 Å². The van der Waals surface area contributed by atoms with Crippen LogP contribution in [0.25, 0.3) is 0 Å². The molecule has 0 saturated heterocycles. The fraction of sp³-hybridized carbons (Fsp3) is 0.692. The van der Waals surface area contributed by atoms with Crippen molar-refractivity contribution in [1.82, 2.24) is 0 Å². The second-order valence-corrected chi connectivity index (χ2v) is 4.49. The number of rotatable bonds is 5. The molecule has 0 nitrogen and oxygen atoms in total. The van der Waals surface area contributed by atoms with Crippen LogP contribution in [0.5, 0.6) is 0 Å². The van der Waals surface area contributed by atoms with Gasteiger partial charge in [-0.15, -0.1) is 0 Å². The summed E-state index contributed by atoms with van der Waals surface area (Å²) >= 11 is 0. The third-order valence-electron chi connectivity index (χ3n) is 2.33. The molecule has 16 heavy (non-hydrogen) atoms. The molecule has 0 aliphatic carbocycles. The predicted octanol–water partition coefficient (Wildman–Crippen LogP) is 5.12. The lowest BCUT2D eigenvalue weighted by Gasteiger charge is -2.20. The van der Waals surface area contributed by atoms with Crippen molar-refractivity contribution in [2.45, 2.75) is 46.7 Å². The first-order valence-corrected chi connectivity index (χ1v) is 5.72. The van der Waals surface area contributed by atoms with Crippen LogP contribution in [-0.2, 0) is 0 Å². The van der Waals surface area contributed by atoms with Crippen LogP contribution in [-0.4, -0.2) is 6.18 Å². The molecule has 0 N–H and O–H groups in total. The standard InChI is InChI=1S/C13H21F3/c1-5-6-7-8-12(13(14,15)16)11(4)9-10(2)3/h6-8,10-11H,5,9H2,1-4H3/b7-6+,12-8+. The van der Waals surface area contributed by atoms with E-state index < -0.39 is 17.7 Å². The van der Waals surface area contributed by atoms with Crippen molar-refractivity contribution in [3.05, 3.63) is 23.8 Å². The van der Waals surface area contributed by atoms with Gasteiger partial charge < -0.3 is 0 Å². The van der Waals surface area contributed by atoms with Gasteiger partial charge in [-0.3, -0.25) is 0 Å². The molecule has 0 fully saturated rings. The number of allylic oxidation sites excluding steroid dienone is 4. The van der Waals surface area contributed by atoms with Crippen LogP contribution >= 0.6 is 0 Å². The van der Waals surface area contributed by atoms with Crippen molar-refractivity contribution < 1.29 is 13.2 Å². The minimum absolute atomic E-state index is 0.274. The minimum atomic E-state index is -4.22. The Morgan fingerprint density at radius 3 is 2.12 bits per heavy atom. The van der Waals surface area contributed by atoms with Gasteiger partial charge in [-0.2, -0.15) is 13.2 Å². The van der Waals surface area contributed by atoms with Gasteiger partial charge in [-0.05, 0) is 24.7 Å². The van der Waals surface area contributed by atoms with Crippen molar-refractivity contribution in [3.63, 3.8) is 0 Å². The van der Waals surface area contributed by atoms with Crippen LogP contribution in [0.3, 0.4) is 0 Å². The molecule has 3 heteroatoms. The van der Waals surface area contributed by atoms with Gasteiger partial charge in [0.15, 0.2) is 0 Å². The maximum atomic E-state index is 12.7. The summed E-state index contributed by atoms with van der Waals surface area (Å²) in [6, 6.07) is 0. The van der Waals surface area contributed by atoms with Crippen molar-refractivity contribution in [2.75, 3.05) is 0 Å². The maximum Gasteiger partial charge on any atom is 0.412 e. The second-order valence-electron chi connectivity index (χ2n) is 4.49. The summed E-state index contributed by atoms with van der Waals surface area (Å²) in [7, 11) is 0. The Balaban J connectivity index is 4.81. The zero-order valence-corrected chi connectivity index (χ0v) is 10.4. The van der Waals surface area contributed by atoms with Crippen LogP contribution in [0.4, 0.5) is 13.2 Å². The Morgan fingerprint density at radius 1 is 1.19 bits per heavy atom. The van der Waals surface area contributed by atoms with Crippen LogP contribution in [0.15, 0.2) is 23.8 Å². The normalized spacial score (nSPS) is 16.1. The first-order valence-electron chi connectivity index (χ1n) is 5.72. The van der Waals surface area contributed by atoms with E-state index >= 15 is 0 Å². The van der Waals surface area contributed by atoms with Gasteiger partial charge >= 0.3 is 6.18 Å². The fourth-order valence-corrected chi connectivity index (χ4v) is 1.68. The molecule has 0 spiro atoms. The Morgan fingerprint density at radius 2 is 1.75 bits per heavy atom. The lowest BCUT2D eigenvalue weighted by molar-refractivity contribution is -0.0989. The number of halogens is 3. The van der Waals surface area contributed by atoms with Gasteiger partial charge in [0.1, 0.15) is 0 Å². The molecular formula is C13H21F3. The van der Waals surface area contributed by atoms with Crippen molar-refractivity contribution in [3.8, 4) is 0 Å². The van der Waals surface area contributed by atoms with E-state index in [9.17, 15) is 13.2 Å². The first kappa shape index (κ1) is 15.3. The highest BCUT2D eigenvalue weighted by atomic mass is 19.4. The molecule has 0 bridgehead atoms. The molecule has 0 aliphatic rings. The second kappa shape index (κ2) is 6.77. The summed E-state index contributed by atoms with van der Waals surface area (Å²) in [6.07, 6.45) is 1.53. The molecule has 94 valence electrons. The lowest BCUT2D eigenvalue weighted by Crippen LogP contribution is -2.19. The van der Waals surface area contributed by atoms with E-state index in [1.165, 1.54) is 12.2 Å². The van der Waals surface area contributed by atoms with Crippen molar-refractivity contribution in [2.24, 2.45) is 11.8 Å². The highest BCUT2D eigenvalue weighted by molar-refractivity contribution is 5.19. The Kier molecular flexibility index (Phi) is 6.46. The molecule has 1 unspecified atom stereocenters. The van der Waals surface area contributed by atoms with E-state index in [0.717, 1.165) is 6.42 Å². The highest BCUT2D eigenvalue weighted by Gasteiger charge is 2.36. The maximum absolute atomic E-state index is 12.7. The number of hydrogen-bond donors (Lipinski definition) is 0. The van der Waals surface area contributed by atoms with Crippen molar-refractivity contribution in [1.29, 1.82) is 0 Å². The molecule has 0 aromatic heterocycles. The van der Waals surface area contributed by atoms with Gasteiger partial charge in [0.2, 0.25) is 0 Å². The Hall–Kier alpha value is -0.730. The topological polar surface area (TPSA) is 0 Å². The van der Waals surface area contributed by atoms with Crippen LogP contribution in [0, 0.1) is 11.8 Å². The number of hydrogen-bond acceptors (Lipinski definition) is 0. The zero-order valence-electron chi connectivity index (χ0n) is 10.4. The fourth-order valence-electron chi connectivity index (χ4n) is 1.68. The largest absolute Gasteiger partial charge is 0.412 e. The monoisotopic (exact) mass is 234 g/mol. The molecule has 0 heterocycles. The van der Waals surface area contributed by atoms with Gasteiger partial charge in [-0.25, -0.2) is 0 Å². The SMILES string of the molecule is CC/C=C/C=C(\C(C)CC(C)C)C(F)(F)F. The molecule has 0 aromatic carbocycles. The van der Waals surface area contributed by atoms with E-state index in [4.69, 9.17) is 0 Å². The number of alkyl halides is 3. The van der Waals surface area contributed by atoms with Gasteiger partial charge in [0, 0.05) is 5.57 Å². The predicted molar refractivity (Wildman–Crippen MR) is 62.2 cm³/mol. The summed E-state index contributed by atoms with van der Waals surface area (Å²) in [4.78, 5) is 0. The molecule has 1 atom stereocenters. The smallest absolute Gasteiger partial charge is 0.166 e. The minimum Gasteiger partial charge on any atom is -0.166 e. The summed E-state index contributed by atoms with van der Waals surface area (Å²) in [6.45, 7) is 7.41.